The summed E-state index contributed by atoms with van der Waals surface area (Å²) in [5, 5.41) is 2.74. The summed E-state index contributed by atoms with van der Waals surface area (Å²) >= 11 is 4.66. The van der Waals surface area contributed by atoms with Crippen LogP contribution in [0.5, 0.6) is 0 Å². The van der Waals surface area contributed by atoms with Crippen molar-refractivity contribution >= 4 is 51.5 Å². The number of esters is 3. The summed E-state index contributed by atoms with van der Waals surface area (Å²) in [6.07, 6.45) is -3.08. The molecule has 1 amide bonds. The lowest BCUT2D eigenvalue weighted by molar-refractivity contribution is -0.211. The summed E-state index contributed by atoms with van der Waals surface area (Å²) in [6.45, 7) is 4.74. The van der Waals surface area contributed by atoms with E-state index >= 15 is 0 Å². The third kappa shape index (κ3) is 7.82. The molecule has 0 bridgehead atoms. The topological polar surface area (TPSA) is 117 Å². The Hall–Kier alpha value is -2.11. The van der Waals surface area contributed by atoms with Gasteiger partial charge in [-0.25, -0.2) is 0 Å². The van der Waals surface area contributed by atoms with Crippen LogP contribution in [-0.4, -0.2) is 60.2 Å². The molecule has 0 unspecified atom stereocenters. The number of rotatable bonds is 7. The second-order valence-electron chi connectivity index (χ2n) is 6.79. The first kappa shape index (κ1) is 25.2. The Kier molecular flexibility index (Phi) is 9.32. The molecule has 1 aliphatic rings. The van der Waals surface area contributed by atoms with Gasteiger partial charge >= 0.3 is 17.9 Å². The molecule has 1 aromatic rings. The Morgan fingerprint density at radius 3 is 2.06 bits per heavy atom. The molecule has 5 atom stereocenters. The van der Waals surface area contributed by atoms with Crippen LogP contribution in [0.15, 0.2) is 33.6 Å². The van der Waals surface area contributed by atoms with Gasteiger partial charge in [0, 0.05) is 37.1 Å². The molecule has 0 spiro atoms. The number of carbonyl (C=O) groups excluding carboxylic acids is 4. The summed E-state index contributed by atoms with van der Waals surface area (Å²) in [6, 6.07) is 6.56. The van der Waals surface area contributed by atoms with E-state index in [9.17, 15) is 19.2 Å². The van der Waals surface area contributed by atoms with Gasteiger partial charge in [-0.2, -0.15) is 0 Å². The zero-order chi connectivity index (χ0) is 23.1. The molecule has 1 saturated heterocycles. The van der Waals surface area contributed by atoms with Crippen LogP contribution in [0.25, 0.3) is 0 Å². The van der Waals surface area contributed by atoms with Crippen LogP contribution in [0.3, 0.4) is 0 Å². The summed E-state index contributed by atoms with van der Waals surface area (Å²) in [4.78, 5) is 47.7. The number of carbonyl (C=O) groups is 4. The molecule has 0 aliphatic carbocycles. The summed E-state index contributed by atoms with van der Waals surface area (Å²) < 4.78 is 22.9. The fourth-order valence-electron chi connectivity index (χ4n) is 3.04. The molecule has 0 aromatic heterocycles. The van der Waals surface area contributed by atoms with Crippen LogP contribution in [-0.2, 0) is 38.1 Å². The molecule has 1 N–H and O–H groups in total. The summed E-state index contributed by atoms with van der Waals surface area (Å²) in [5.74, 6) is -2.19. The molecule has 1 heterocycles. The molecule has 1 aliphatic heterocycles. The van der Waals surface area contributed by atoms with Crippen molar-refractivity contribution in [2.24, 2.45) is 0 Å². The number of hydrogen-bond donors (Lipinski definition) is 1. The van der Waals surface area contributed by atoms with E-state index in [0.29, 0.717) is 0 Å². The number of amides is 1. The highest BCUT2D eigenvalue weighted by Crippen LogP contribution is 2.36. The number of halogens is 1. The quantitative estimate of drug-likeness (QED) is 0.428. The Bertz CT molecular complexity index is 818. The molecular formula is C20H24BrNO8S. The highest BCUT2D eigenvalue weighted by atomic mass is 79.9. The minimum absolute atomic E-state index is 0.227. The molecule has 31 heavy (non-hydrogen) atoms. The first-order valence-corrected chi connectivity index (χ1v) is 11.1. The monoisotopic (exact) mass is 517 g/mol. The van der Waals surface area contributed by atoms with Crippen molar-refractivity contribution in [3.8, 4) is 0 Å². The van der Waals surface area contributed by atoms with Gasteiger partial charge in [-0.05, 0) is 24.3 Å². The van der Waals surface area contributed by atoms with Crippen molar-refractivity contribution in [1.29, 1.82) is 0 Å². The van der Waals surface area contributed by atoms with E-state index in [1.165, 1.54) is 39.5 Å². The molecule has 170 valence electrons. The van der Waals surface area contributed by atoms with Crippen molar-refractivity contribution in [1.82, 2.24) is 5.32 Å². The Labute approximate surface area is 192 Å². The van der Waals surface area contributed by atoms with Gasteiger partial charge in [-0.3, -0.25) is 19.2 Å². The lowest BCUT2D eigenvalue weighted by Gasteiger charge is -2.45. The van der Waals surface area contributed by atoms with E-state index in [0.717, 1.165) is 9.37 Å². The Balaban J connectivity index is 2.43. The number of benzene rings is 1. The normalized spacial score (nSPS) is 25.3. The van der Waals surface area contributed by atoms with Gasteiger partial charge in [0.25, 0.3) is 0 Å². The fraction of sp³-hybridized carbons (Fsp3) is 0.500. The SMILES string of the molecule is CC(=O)N[C@H]1[C@@H](OC(C)=O)[C@H](OC(C)=O)[C@@H](COC(C)=O)O[C@H]1Sc1ccc(Br)cc1. The van der Waals surface area contributed by atoms with Gasteiger partial charge in [-0.1, -0.05) is 27.7 Å². The average molecular weight is 518 g/mol. The Morgan fingerprint density at radius 1 is 0.968 bits per heavy atom. The zero-order valence-electron chi connectivity index (χ0n) is 17.5. The largest absolute Gasteiger partial charge is 0.463 e. The van der Waals surface area contributed by atoms with E-state index in [-0.39, 0.29) is 12.5 Å². The van der Waals surface area contributed by atoms with Crippen LogP contribution >= 0.6 is 27.7 Å². The summed E-state index contributed by atoms with van der Waals surface area (Å²) in [5.41, 5.74) is -0.734. The van der Waals surface area contributed by atoms with E-state index in [1.807, 2.05) is 24.3 Å². The third-order valence-corrected chi connectivity index (χ3v) is 5.85. The molecule has 2 rings (SSSR count). The molecule has 1 fully saturated rings. The van der Waals surface area contributed by atoms with Gasteiger partial charge in [0.05, 0.1) is 0 Å². The molecule has 1 aromatic carbocycles. The van der Waals surface area contributed by atoms with Crippen molar-refractivity contribution in [2.75, 3.05) is 6.61 Å². The predicted octanol–water partition coefficient (Wildman–Crippen LogP) is 2.20. The van der Waals surface area contributed by atoms with Crippen molar-refractivity contribution in [3.05, 3.63) is 28.7 Å². The van der Waals surface area contributed by atoms with Crippen LogP contribution in [0.1, 0.15) is 27.7 Å². The third-order valence-electron chi connectivity index (χ3n) is 4.14. The van der Waals surface area contributed by atoms with Crippen LogP contribution in [0.4, 0.5) is 0 Å². The van der Waals surface area contributed by atoms with E-state index < -0.39 is 47.7 Å². The maximum Gasteiger partial charge on any atom is 0.303 e. The number of ether oxygens (including phenoxy) is 4. The maximum absolute atomic E-state index is 11.9. The van der Waals surface area contributed by atoms with Crippen molar-refractivity contribution in [3.63, 3.8) is 0 Å². The van der Waals surface area contributed by atoms with Crippen LogP contribution in [0, 0.1) is 0 Å². The zero-order valence-corrected chi connectivity index (χ0v) is 19.9. The van der Waals surface area contributed by atoms with Gasteiger partial charge in [0.1, 0.15) is 24.2 Å². The second kappa shape index (κ2) is 11.5. The molecule has 0 saturated carbocycles. The number of thioether (sulfide) groups is 1. The minimum atomic E-state index is -1.10. The Morgan fingerprint density at radius 2 is 1.55 bits per heavy atom. The van der Waals surface area contributed by atoms with Gasteiger partial charge in [0.15, 0.2) is 12.2 Å². The summed E-state index contributed by atoms with van der Waals surface area (Å²) in [7, 11) is 0. The molecule has 11 heteroatoms. The molecular weight excluding hydrogens is 494 g/mol. The van der Waals surface area contributed by atoms with Crippen LogP contribution < -0.4 is 5.32 Å². The van der Waals surface area contributed by atoms with Gasteiger partial charge < -0.3 is 24.3 Å². The highest BCUT2D eigenvalue weighted by Gasteiger charge is 2.51. The minimum Gasteiger partial charge on any atom is -0.463 e. The van der Waals surface area contributed by atoms with Crippen molar-refractivity contribution in [2.45, 2.75) is 62.4 Å². The molecule has 0 radical (unpaired) electrons. The predicted molar refractivity (Wildman–Crippen MR) is 114 cm³/mol. The first-order valence-electron chi connectivity index (χ1n) is 9.39. The van der Waals surface area contributed by atoms with Crippen molar-refractivity contribution < 1.29 is 38.1 Å². The number of hydrogen-bond acceptors (Lipinski definition) is 9. The highest BCUT2D eigenvalue weighted by molar-refractivity contribution is 9.10. The van der Waals surface area contributed by atoms with E-state index in [2.05, 4.69) is 21.2 Å². The van der Waals surface area contributed by atoms with Crippen LogP contribution in [0.2, 0.25) is 0 Å². The lowest BCUT2D eigenvalue weighted by Crippen LogP contribution is -2.65. The standard InChI is InChI=1S/C20H24BrNO8S/c1-10(23)22-17-19(29-13(4)26)18(28-12(3)25)16(9-27-11(2)24)30-20(17)31-15-7-5-14(21)6-8-15/h5-8,16-20H,9H2,1-4H3,(H,22,23)/t16-,17+,18-,19-,20+/m1/s1. The smallest absolute Gasteiger partial charge is 0.303 e. The first-order chi connectivity index (χ1) is 14.6. The fourth-order valence-corrected chi connectivity index (χ4v) is 4.43. The molecule has 9 nitrogen and oxygen atoms in total. The van der Waals surface area contributed by atoms with Gasteiger partial charge in [0.2, 0.25) is 5.91 Å². The van der Waals surface area contributed by atoms with E-state index in [1.54, 1.807) is 0 Å². The van der Waals surface area contributed by atoms with Gasteiger partial charge in [-0.15, -0.1) is 0 Å². The maximum atomic E-state index is 11.9. The average Bonchev–Trinajstić information content (AvgIpc) is 2.65. The number of nitrogens with one attached hydrogen (secondary N) is 1. The second-order valence-corrected chi connectivity index (χ2v) is 8.88. The van der Waals surface area contributed by atoms with E-state index in [4.69, 9.17) is 18.9 Å². The lowest BCUT2D eigenvalue weighted by atomic mass is 9.97.